The standard InChI is InChI=1S/C87H146O16P2/c1-4-7-10-13-16-19-22-25-28-31-33-35-37-39-40-42-44-45-47-50-52-55-58-61-64-67-70-73-85(90)97-76-82(88)77-99-104(93,94)100-78-83(89)79-101-105(95,96)102-81-84(103-87(92)75-72-69-66-63-60-57-54-49-30-27-24-21-18-15-12-9-6-3)80-98-86(91)74-71-68-65-62-59-56-53-51-48-46-43-41-38-36-34-32-29-26-23-20-17-14-11-8-5-2/h7-12,16-21,25-30,33-36,39-41,43,82-84,88-89H,4-6,13-15,22-24,31-32,37-38,42,44-81H2,1-3H3,(H,93,94)(H,95,96)/b10-7-,11-8-,12-9-,19-16-,20-17-,21-18-,28-25-,29-26-,30-27-,35-33-,36-34-,40-39-,43-41-. The van der Waals surface area contributed by atoms with Crippen LogP contribution in [0, 0.1) is 0 Å². The van der Waals surface area contributed by atoms with Crippen LogP contribution in [0.15, 0.2) is 158 Å². The number of carbonyl (C=O) groups excluding carboxylic acids is 3. The molecule has 0 heterocycles. The number of carbonyl (C=O) groups is 3. The molecule has 0 aromatic carbocycles. The summed E-state index contributed by atoms with van der Waals surface area (Å²) in [6, 6.07) is 0. The van der Waals surface area contributed by atoms with Crippen LogP contribution < -0.4 is 0 Å². The van der Waals surface area contributed by atoms with Crippen molar-refractivity contribution in [3.8, 4) is 0 Å². The summed E-state index contributed by atoms with van der Waals surface area (Å²) in [7, 11) is -9.81. The predicted molar refractivity (Wildman–Crippen MR) is 435 cm³/mol. The second-order valence-corrected chi connectivity index (χ2v) is 29.7. The minimum atomic E-state index is -4.94. The molecule has 0 rings (SSSR count). The lowest BCUT2D eigenvalue weighted by atomic mass is 10.0. The van der Waals surface area contributed by atoms with E-state index < -0.39 is 91.5 Å². The average Bonchev–Trinajstić information content (AvgIpc) is 0.911. The average molecular weight is 1510 g/mol. The zero-order chi connectivity index (χ0) is 76.6. The molecule has 0 fully saturated rings. The Morgan fingerprint density at radius 1 is 0.267 bits per heavy atom. The SMILES string of the molecule is CC/C=C\C/C=C\C/C=C\C/C=C\C/C=C\CCCCCCCCCCCCCC(=O)OCC(O)COP(=O)(O)OCC(O)COP(=O)(O)OCC(COC(=O)CCCCCCCCCCC/C=C\C/C=C\C/C=C\C/C=C\C/C=C\CC)OC(=O)CCCCCCCCC/C=C\C/C=C\C/C=C\CC. The van der Waals surface area contributed by atoms with Crippen LogP contribution >= 0.6 is 15.6 Å². The number of esters is 3. The second kappa shape index (κ2) is 78.7. The van der Waals surface area contributed by atoms with Crippen molar-refractivity contribution in [2.45, 2.75) is 334 Å². The van der Waals surface area contributed by atoms with Crippen molar-refractivity contribution >= 4 is 33.6 Å². The first-order valence-electron chi connectivity index (χ1n) is 40.8. The summed E-state index contributed by atoms with van der Waals surface area (Å²) >= 11 is 0. The first kappa shape index (κ1) is 100. The summed E-state index contributed by atoms with van der Waals surface area (Å²) in [5.74, 6) is -1.60. The number of phosphoric acid groups is 2. The molecule has 0 aliphatic carbocycles. The highest BCUT2D eigenvalue weighted by Crippen LogP contribution is 2.45. The minimum absolute atomic E-state index is 0.0877. The van der Waals surface area contributed by atoms with Gasteiger partial charge in [0.15, 0.2) is 6.10 Å². The number of aliphatic hydroxyl groups is 2. The molecule has 0 aliphatic heterocycles. The summed E-state index contributed by atoms with van der Waals surface area (Å²) in [6.45, 7) is 2.34. The van der Waals surface area contributed by atoms with E-state index >= 15 is 0 Å². The van der Waals surface area contributed by atoms with Gasteiger partial charge in [-0.25, -0.2) is 9.13 Å². The molecule has 0 saturated heterocycles. The van der Waals surface area contributed by atoms with Gasteiger partial charge in [-0.15, -0.1) is 0 Å². The molecule has 0 aliphatic rings. The van der Waals surface area contributed by atoms with Crippen molar-refractivity contribution in [3.05, 3.63) is 158 Å². The number of unbranched alkanes of at least 4 members (excludes halogenated alkanes) is 27. The molecular formula is C87H146O16P2. The Balaban J connectivity index is 4.61. The third kappa shape index (κ3) is 80.0. The minimum Gasteiger partial charge on any atom is -0.463 e. The topological polar surface area (TPSA) is 231 Å². The number of ether oxygens (including phenoxy) is 3. The van der Waals surface area contributed by atoms with Crippen molar-refractivity contribution in [1.82, 2.24) is 0 Å². The van der Waals surface area contributed by atoms with Crippen molar-refractivity contribution in [2.24, 2.45) is 0 Å². The van der Waals surface area contributed by atoms with Crippen LogP contribution in [-0.2, 0) is 55.8 Å². The van der Waals surface area contributed by atoms with Crippen molar-refractivity contribution in [1.29, 1.82) is 0 Å². The molecule has 0 aromatic rings. The highest BCUT2D eigenvalue weighted by atomic mass is 31.2. The van der Waals surface area contributed by atoms with Crippen LogP contribution in [0.2, 0.25) is 0 Å². The fourth-order valence-electron chi connectivity index (χ4n) is 10.6. The van der Waals surface area contributed by atoms with Crippen molar-refractivity contribution in [3.63, 3.8) is 0 Å². The van der Waals surface area contributed by atoms with E-state index in [2.05, 4.69) is 179 Å². The van der Waals surface area contributed by atoms with Crippen LogP contribution in [0.1, 0.15) is 316 Å². The van der Waals surface area contributed by atoms with E-state index in [-0.39, 0.29) is 19.3 Å². The Labute approximate surface area is 638 Å². The fourth-order valence-corrected chi connectivity index (χ4v) is 12.2. The lowest BCUT2D eigenvalue weighted by Crippen LogP contribution is -2.30. The van der Waals surface area contributed by atoms with E-state index in [1.54, 1.807) is 0 Å². The van der Waals surface area contributed by atoms with E-state index in [4.69, 9.17) is 32.3 Å². The molecule has 4 N–H and O–H groups in total. The molecule has 18 heteroatoms. The van der Waals surface area contributed by atoms with Crippen LogP contribution in [0.4, 0.5) is 0 Å². The van der Waals surface area contributed by atoms with Gasteiger partial charge in [-0.1, -0.05) is 314 Å². The highest BCUT2D eigenvalue weighted by Gasteiger charge is 2.29. The largest absolute Gasteiger partial charge is 0.472 e. The van der Waals surface area contributed by atoms with Gasteiger partial charge in [0.25, 0.3) is 0 Å². The Kier molecular flexibility index (Phi) is 75.1. The van der Waals surface area contributed by atoms with Crippen molar-refractivity contribution < 1.29 is 75.8 Å². The van der Waals surface area contributed by atoms with Gasteiger partial charge in [-0.2, -0.15) is 0 Å². The van der Waals surface area contributed by atoms with E-state index in [0.717, 1.165) is 186 Å². The Morgan fingerprint density at radius 2 is 0.476 bits per heavy atom. The van der Waals surface area contributed by atoms with E-state index in [0.29, 0.717) is 19.3 Å². The normalized spacial score (nSPS) is 14.8. The monoisotopic (exact) mass is 1510 g/mol. The lowest BCUT2D eigenvalue weighted by molar-refractivity contribution is -0.161. The Bertz CT molecular complexity index is 2540. The van der Waals surface area contributed by atoms with Gasteiger partial charge >= 0.3 is 33.6 Å². The van der Waals surface area contributed by atoms with Gasteiger partial charge in [0.05, 0.1) is 26.4 Å². The number of aliphatic hydroxyl groups excluding tert-OH is 2. The maximum Gasteiger partial charge on any atom is 0.472 e. The van der Waals surface area contributed by atoms with Gasteiger partial charge < -0.3 is 34.2 Å². The van der Waals surface area contributed by atoms with E-state index in [9.17, 15) is 43.5 Å². The Morgan fingerprint density at radius 3 is 0.752 bits per heavy atom. The number of allylic oxidation sites excluding steroid dienone is 26. The van der Waals surface area contributed by atoms with E-state index in [1.165, 1.54) is 70.6 Å². The molecule has 0 amide bonds. The molecule has 0 saturated carbocycles. The van der Waals surface area contributed by atoms with Crippen LogP contribution in [-0.4, -0.2) is 95.9 Å². The Hall–Kier alpha value is -4.83. The third-order valence-corrected chi connectivity index (χ3v) is 18.6. The lowest BCUT2D eigenvalue weighted by Gasteiger charge is -2.21. The predicted octanol–water partition coefficient (Wildman–Crippen LogP) is 24.2. The molecule has 0 aromatic heterocycles. The van der Waals surface area contributed by atoms with Crippen LogP contribution in [0.5, 0.6) is 0 Å². The molecule has 5 atom stereocenters. The van der Waals surface area contributed by atoms with Gasteiger partial charge in [0, 0.05) is 19.3 Å². The molecule has 0 radical (unpaired) electrons. The highest BCUT2D eigenvalue weighted by molar-refractivity contribution is 7.47. The third-order valence-electron chi connectivity index (χ3n) is 16.7. The van der Waals surface area contributed by atoms with Gasteiger partial charge in [0.2, 0.25) is 0 Å². The summed E-state index contributed by atoms with van der Waals surface area (Å²) in [5.41, 5.74) is 0. The molecule has 105 heavy (non-hydrogen) atoms. The van der Waals surface area contributed by atoms with Gasteiger partial charge in [-0.3, -0.25) is 32.5 Å². The first-order chi connectivity index (χ1) is 51.2. The summed E-state index contributed by atoms with van der Waals surface area (Å²) < 4.78 is 61.2. The van der Waals surface area contributed by atoms with E-state index in [1.807, 2.05) is 0 Å². The quantitative estimate of drug-likeness (QED) is 0.0146. The first-order valence-corrected chi connectivity index (χ1v) is 43.8. The smallest absolute Gasteiger partial charge is 0.463 e. The van der Waals surface area contributed by atoms with Crippen molar-refractivity contribution in [2.75, 3.05) is 39.6 Å². The molecule has 0 spiro atoms. The van der Waals surface area contributed by atoms with Crippen LogP contribution in [0.25, 0.3) is 0 Å². The fraction of sp³-hybridized carbons (Fsp3) is 0.667. The molecule has 5 unspecified atom stereocenters. The summed E-state index contributed by atoms with van der Waals surface area (Å²) in [5, 5.41) is 20.7. The second-order valence-electron chi connectivity index (χ2n) is 26.8. The van der Waals surface area contributed by atoms with Crippen LogP contribution in [0.3, 0.4) is 0 Å². The maximum absolute atomic E-state index is 13.0. The molecule has 600 valence electrons. The number of hydrogen-bond acceptors (Lipinski definition) is 14. The summed E-state index contributed by atoms with van der Waals surface area (Å²) in [4.78, 5) is 58.8. The van der Waals surface area contributed by atoms with Gasteiger partial charge in [-0.05, 0) is 141 Å². The number of hydrogen-bond donors (Lipinski definition) is 4. The van der Waals surface area contributed by atoms with Gasteiger partial charge in [0.1, 0.15) is 25.4 Å². The maximum atomic E-state index is 13.0. The molecule has 16 nitrogen and oxygen atoms in total. The number of rotatable bonds is 76. The zero-order valence-electron chi connectivity index (χ0n) is 65.6. The molecule has 0 bridgehead atoms. The molecular weight excluding hydrogens is 1360 g/mol. The zero-order valence-corrected chi connectivity index (χ0v) is 67.4. The number of phosphoric ester groups is 2. The summed E-state index contributed by atoms with van der Waals surface area (Å²) in [6.07, 6.45) is 98.5.